The van der Waals surface area contributed by atoms with Gasteiger partial charge in [0, 0.05) is 14.1 Å². The predicted molar refractivity (Wildman–Crippen MR) is 86.4 cm³/mol. The molecule has 1 amide bonds. The fourth-order valence-electron chi connectivity index (χ4n) is 1.51. The summed E-state index contributed by atoms with van der Waals surface area (Å²) in [5.74, 6) is -0.157. The van der Waals surface area contributed by atoms with Crippen LogP contribution in [-0.2, 0) is 0 Å². The smallest absolute Gasteiger partial charge is 0.255 e. The Kier molecular flexibility index (Phi) is 6.05. The average Bonchev–Trinajstić information content (AvgIpc) is 2.37. The van der Waals surface area contributed by atoms with E-state index in [9.17, 15) is 4.79 Å². The van der Waals surface area contributed by atoms with Gasteiger partial charge in [-0.1, -0.05) is 5.16 Å². The molecule has 0 atom stereocenters. The van der Waals surface area contributed by atoms with E-state index in [2.05, 4.69) is 43.7 Å². The van der Waals surface area contributed by atoms with Crippen molar-refractivity contribution in [2.75, 3.05) is 6.54 Å². The first kappa shape index (κ1) is 16.2. The molecule has 1 aromatic rings. The number of rotatable bonds is 4. The SMILES string of the molecule is CC(C)N(C/C(N)=N/O)C(=O)c1cc(I)ccc1Br. The Balaban J connectivity index is 3.09. The zero-order chi connectivity index (χ0) is 14.6. The molecule has 0 heterocycles. The van der Waals surface area contributed by atoms with Crippen LogP contribution >= 0.6 is 38.5 Å². The van der Waals surface area contributed by atoms with Gasteiger partial charge in [-0.25, -0.2) is 0 Å². The van der Waals surface area contributed by atoms with Crippen LogP contribution in [0.5, 0.6) is 0 Å². The number of nitrogens with zero attached hydrogens (tertiary/aromatic N) is 2. The minimum Gasteiger partial charge on any atom is -0.409 e. The van der Waals surface area contributed by atoms with Crippen LogP contribution in [0.3, 0.4) is 0 Å². The highest BCUT2D eigenvalue weighted by atomic mass is 127. The van der Waals surface area contributed by atoms with Gasteiger partial charge in [0.05, 0.1) is 12.1 Å². The highest BCUT2D eigenvalue weighted by Gasteiger charge is 2.22. The van der Waals surface area contributed by atoms with Crippen LogP contribution in [-0.4, -0.2) is 34.4 Å². The molecule has 1 aromatic carbocycles. The van der Waals surface area contributed by atoms with Crippen LogP contribution in [0.25, 0.3) is 0 Å². The number of carbonyl (C=O) groups is 1. The minimum atomic E-state index is -0.160. The van der Waals surface area contributed by atoms with Gasteiger partial charge in [0.2, 0.25) is 0 Å². The largest absolute Gasteiger partial charge is 0.409 e. The van der Waals surface area contributed by atoms with Gasteiger partial charge < -0.3 is 15.8 Å². The summed E-state index contributed by atoms with van der Waals surface area (Å²) < 4.78 is 1.69. The number of oxime groups is 1. The van der Waals surface area contributed by atoms with E-state index in [0.717, 1.165) is 8.04 Å². The molecule has 0 bridgehead atoms. The van der Waals surface area contributed by atoms with Crippen LogP contribution < -0.4 is 5.73 Å². The third-order valence-corrected chi connectivity index (χ3v) is 3.87. The van der Waals surface area contributed by atoms with E-state index in [4.69, 9.17) is 10.9 Å². The van der Waals surface area contributed by atoms with E-state index in [1.54, 1.807) is 11.0 Å². The second-order valence-corrected chi connectivity index (χ2v) is 6.34. The first-order valence-electron chi connectivity index (χ1n) is 5.59. The number of benzene rings is 1. The molecule has 3 N–H and O–H groups in total. The van der Waals surface area contributed by atoms with Crippen molar-refractivity contribution < 1.29 is 10.0 Å². The topological polar surface area (TPSA) is 78.9 Å². The lowest BCUT2D eigenvalue weighted by molar-refractivity contribution is 0.0733. The second-order valence-electron chi connectivity index (χ2n) is 4.24. The second kappa shape index (κ2) is 7.09. The van der Waals surface area contributed by atoms with E-state index in [1.165, 1.54) is 0 Å². The third kappa shape index (κ3) is 4.34. The number of amidine groups is 1. The first-order valence-corrected chi connectivity index (χ1v) is 7.46. The molecule has 5 nitrogen and oxygen atoms in total. The minimum absolute atomic E-state index is 0.00352. The van der Waals surface area contributed by atoms with Crippen molar-refractivity contribution in [2.24, 2.45) is 10.9 Å². The number of hydrogen-bond donors (Lipinski definition) is 2. The first-order chi connectivity index (χ1) is 8.86. The molecule has 0 aromatic heterocycles. The van der Waals surface area contributed by atoms with Crippen molar-refractivity contribution in [3.8, 4) is 0 Å². The Bertz CT molecular complexity index is 506. The monoisotopic (exact) mass is 439 g/mol. The lowest BCUT2D eigenvalue weighted by atomic mass is 10.1. The predicted octanol–water partition coefficient (Wildman–Crippen LogP) is 2.65. The molecule has 19 heavy (non-hydrogen) atoms. The van der Waals surface area contributed by atoms with Gasteiger partial charge in [-0.05, 0) is 70.6 Å². The molecule has 104 valence electrons. The molecule has 0 fully saturated rings. The van der Waals surface area contributed by atoms with Crippen LogP contribution in [0.15, 0.2) is 27.8 Å². The summed E-state index contributed by atoms with van der Waals surface area (Å²) >= 11 is 5.52. The molecule has 0 aliphatic carbocycles. The zero-order valence-corrected chi connectivity index (χ0v) is 14.3. The lowest BCUT2D eigenvalue weighted by Crippen LogP contribution is -2.43. The van der Waals surface area contributed by atoms with Gasteiger partial charge in [0.1, 0.15) is 0 Å². The summed E-state index contributed by atoms with van der Waals surface area (Å²) in [5, 5.41) is 11.5. The van der Waals surface area contributed by atoms with E-state index in [0.29, 0.717) is 5.56 Å². The Labute approximate surface area is 134 Å². The summed E-state index contributed by atoms with van der Waals surface area (Å²) in [5.41, 5.74) is 6.05. The summed E-state index contributed by atoms with van der Waals surface area (Å²) in [6.45, 7) is 3.85. The van der Waals surface area contributed by atoms with Gasteiger partial charge in [-0.2, -0.15) is 0 Å². The summed E-state index contributed by atoms with van der Waals surface area (Å²) in [6.07, 6.45) is 0. The Hall–Kier alpha value is -0.830. The van der Waals surface area contributed by atoms with Crippen molar-refractivity contribution >= 4 is 50.3 Å². The molecule has 0 radical (unpaired) electrons. The molecule has 0 aliphatic rings. The van der Waals surface area contributed by atoms with Crippen molar-refractivity contribution in [2.45, 2.75) is 19.9 Å². The maximum atomic E-state index is 12.5. The summed E-state index contributed by atoms with van der Waals surface area (Å²) in [6, 6.07) is 5.48. The Morgan fingerprint density at radius 1 is 1.58 bits per heavy atom. The molecule has 7 heteroatoms. The van der Waals surface area contributed by atoms with E-state index < -0.39 is 0 Å². The molecular formula is C12H15BrIN3O2. The van der Waals surface area contributed by atoms with Crippen molar-refractivity contribution in [1.82, 2.24) is 4.90 Å². The van der Waals surface area contributed by atoms with Gasteiger partial charge in [0.15, 0.2) is 5.84 Å². The lowest BCUT2D eigenvalue weighted by Gasteiger charge is -2.26. The highest BCUT2D eigenvalue weighted by Crippen LogP contribution is 2.21. The van der Waals surface area contributed by atoms with Gasteiger partial charge >= 0.3 is 0 Å². The molecule has 1 rings (SSSR count). The van der Waals surface area contributed by atoms with Crippen molar-refractivity contribution in [3.63, 3.8) is 0 Å². The van der Waals surface area contributed by atoms with Gasteiger partial charge in [-0.15, -0.1) is 0 Å². The number of hydrogen-bond acceptors (Lipinski definition) is 3. The van der Waals surface area contributed by atoms with Crippen molar-refractivity contribution in [3.05, 3.63) is 31.8 Å². The van der Waals surface area contributed by atoms with Gasteiger partial charge in [0.25, 0.3) is 5.91 Å². The van der Waals surface area contributed by atoms with Crippen LogP contribution in [0.1, 0.15) is 24.2 Å². The maximum absolute atomic E-state index is 12.5. The normalized spacial score (nSPS) is 11.7. The molecular weight excluding hydrogens is 425 g/mol. The van der Waals surface area contributed by atoms with E-state index in [-0.39, 0.29) is 24.3 Å². The Morgan fingerprint density at radius 2 is 2.21 bits per heavy atom. The van der Waals surface area contributed by atoms with E-state index >= 15 is 0 Å². The Morgan fingerprint density at radius 3 is 2.74 bits per heavy atom. The number of halogens is 2. The summed E-state index contributed by atoms with van der Waals surface area (Å²) in [7, 11) is 0. The standard InChI is InChI=1S/C12H15BrIN3O2/c1-7(2)17(6-11(15)16-19)12(18)9-5-8(14)3-4-10(9)13/h3-5,7,19H,6H2,1-2H3,(H2,15,16). The third-order valence-electron chi connectivity index (χ3n) is 2.50. The number of carbonyl (C=O) groups excluding carboxylic acids is 1. The molecule has 0 saturated heterocycles. The fourth-order valence-corrected chi connectivity index (χ4v) is 2.42. The highest BCUT2D eigenvalue weighted by molar-refractivity contribution is 14.1. The maximum Gasteiger partial charge on any atom is 0.255 e. The quantitative estimate of drug-likeness (QED) is 0.249. The fraction of sp³-hybridized carbons (Fsp3) is 0.333. The molecule has 0 aliphatic heterocycles. The zero-order valence-electron chi connectivity index (χ0n) is 10.6. The number of amides is 1. The summed E-state index contributed by atoms with van der Waals surface area (Å²) in [4.78, 5) is 14.1. The molecule has 0 unspecified atom stereocenters. The van der Waals surface area contributed by atoms with Gasteiger partial charge in [-0.3, -0.25) is 4.79 Å². The van der Waals surface area contributed by atoms with Crippen LogP contribution in [0, 0.1) is 3.57 Å². The van der Waals surface area contributed by atoms with Crippen molar-refractivity contribution in [1.29, 1.82) is 0 Å². The number of nitrogens with two attached hydrogens (primary N) is 1. The molecule has 0 spiro atoms. The molecule has 0 saturated carbocycles. The average molecular weight is 440 g/mol. The van der Waals surface area contributed by atoms with E-state index in [1.807, 2.05) is 26.0 Å². The van der Waals surface area contributed by atoms with Crippen LogP contribution in [0.2, 0.25) is 0 Å². The van der Waals surface area contributed by atoms with Crippen LogP contribution in [0.4, 0.5) is 0 Å².